The predicted octanol–water partition coefficient (Wildman–Crippen LogP) is 5.43. The van der Waals surface area contributed by atoms with Gasteiger partial charge in [-0.25, -0.2) is 4.98 Å². The van der Waals surface area contributed by atoms with Gasteiger partial charge in [-0.1, -0.05) is 53.5 Å². The number of aromatic nitrogens is 3. The van der Waals surface area contributed by atoms with Crippen LogP contribution in [0.1, 0.15) is 30.0 Å². The molecule has 1 aliphatic heterocycles. The number of nitrogens with zero attached hydrogens (tertiary/aromatic N) is 4. The first-order valence-corrected chi connectivity index (χ1v) is 11.5. The summed E-state index contributed by atoms with van der Waals surface area (Å²) in [7, 11) is 0. The third kappa shape index (κ3) is 3.09. The summed E-state index contributed by atoms with van der Waals surface area (Å²) < 4.78 is 5.84. The smallest absolute Gasteiger partial charge is 0.230 e. The van der Waals surface area contributed by atoms with Crippen LogP contribution < -0.4 is 10.6 Å². The quantitative estimate of drug-likeness (QED) is 0.424. The monoisotopic (exact) mass is 465 g/mol. The standard InChI is InChI=1S/C24H21Cl2N5O/c25-17-7-3-6-16(19(17)26)22-29-21-18(32-22)13-28-23(30-21)31-10-8-24(9-11-31)12-14-4-1-2-5-15(14)20(24)27/h1-7,13,20H,8-12,27H2/t20-/m1/s1. The van der Waals surface area contributed by atoms with E-state index in [0.29, 0.717) is 38.7 Å². The number of oxazole rings is 1. The molecule has 1 saturated heterocycles. The van der Waals surface area contributed by atoms with Gasteiger partial charge in [0.05, 0.1) is 21.8 Å². The SMILES string of the molecule is N[C@@H]1c2ccccc2CC12CCN(c1ncc3oc(-c4cccc(Cl)c4Cl)nc3n1)CC2. The van der Waals surface area contributed by atoms with Crippen LogP contribution in [0.5, 0.6) is 0 Å². The number of hydrogen-bond donors (Lipinski definition) is 1. The van der Waals surface area contributed by atoms with Gasteiger partial charge in [0.25, 0.3) is 0 Å². The van der Waals surface area contributed by atoms with E-state index in [1.54, 1.807) is 12.3 Å². The highest BCUT2D eigenvalue weighted by Gasteiger charge is 2.46. The zero-order valence-corrected chi connectivity index (χ0v) is 18.8. The molecule has 0 bridgehead atoms. The first-order chi connectivity index (χ1) is 15.5. The van der Waals surface area contributed by atoms with Gasteiger partial charge < -0.3 is 15.1 Å². The molecule has 1 fully saturated rings. The van der Waals surface area contributed by atoms with Crippen molar-refractivity contribution in [3.05, 3.63) is 69.8 Å². The van der Waals surface area contributed by atoms with Crippen LogP contribution in [-0.2, 0) is 6.42 Å². The molecule has 3 heterocycles. The van der Waals surface area contributed by atoms with Gasteiger partial charge in [0.1, 0.15) is 0 Å². The van der Waals surface area contributed by atoms with Gasteiger partial charge in [-0.3, -0.25) is 0 Å². The van der Waals surface area contributed by atoms with Crippen molar-refractivity contribution in [1.29, 1.82) is 0 Å². The Morgan fingerprint density at radius 3 is 2.66 bits per heavy atom. The van der Waals surface area contributed by atoms with Crippen LogP contribution in [0.15, 0.2) is 53.1 Å². The molecule has 32 heavy (non-hydrogen) atoms. The van der Waals surface area contributed by atoms with Crippen LogP contribution in [0.2, 0.25) is 10.0 Å². The van der Waals surface area contributed by atoms with E-state index in [2.05, 4.69) is 44.1 Å². The third-order valence-corrected chi connectivity index (χ3v) is 7.77. The van der Waals surface area contributed by atoms with Gasteiger partial charge in [-0.05, 0) is 47.9 Å². The second-order valence-corrected chi connectivity index (χ2v) is 9.47. The van der Waals surface area contributed by atoms with Crippen molar-refractivity contribution in [2.75, 3.05) is 18.0 Å². The van der Waals surface area contributed by atoms with Crippen molar-refractivity contribution < 1.29 is 4.42 Å². The number of rotatable bonds is 2. The van der Waals surface area contributed by atoms with Crippen LogP contribution in [0.25, 0.3) is 22.7 Å². The lowest BCUT2D eigenvalue weighted by atomic mass is 9.73. The second kappa shape index (κ2) is 7.44. The maximum atomic E-state index is 6.70. The van der Waals surface area contributed by atoms with Crippen molar-refractivity contribution in [1.82, 2.24) is 15.0 Å². The van der Waals surface area contributed by atoms with Gasteiger partial charge in [-0.2, -0.15) is 9.97 Å². The van der Waals surface area contributed by atoms with Gasteiger partial charge in [0, 0.05) is 19.1 Å². The van der Waals surface area contributed by atoms with Crippen molar-refractivity contribution in [2.45, 2.75) is 25.3 Å². The Morgan fingerprint density at radius 2 is 1.84 bits per heavy atom. The number of benzene rings is 2. The topological polar surface area (TPSA) is 81.1 Å². The fourth-order valence-corrected chi connectivity index (χ4v) is 5.50. The normalized spacial score (nSPS) is 19.6. The molecule has 0 unspecified atom stereocenters. The van der Waals surface area contributed by atoms with Crippen LogP contribution in [-0.4, -0.2) is 28.0 Å². The minimum Gasteiger partial charge on any atom is -0.433 e. The Balaban J connectivity index is 1.24. The molecule has 162 valence electrons. The van der Waals surface area contributed by atoms with Crippen LogP contribution in [0.4, 0.5) is 5.95 Å². The van der Waals surface area contributed by atoms with E-state index in [9.17, 15) is 0 Å². The fourth-order valence-electron chi connectivity index (χ4n) is 5.12. The lowest BCUT2D eigenvalue weighted by Gasteiger charge is -2.42. The number of piperidine rings is 1. The lowest BCUT2D eigenvalue weighted by Crippen LogP contribution is -2.44. The Labute approximate surface area is 195 Å². The number of nitrogens with two attached hydrogens (primary N) is 1. The summed E-state index contributed by atoms with van der Waals surface area (Å²) >= 11 is 12.5. The molecular formula is C24H21Cl2N5O. The molecule has 0 saturated carbocycles. The number of halogens is 2. The van der Waals surface area contributed by atoms with Gasteiger partial charge in [-0.15, -0.1) is 0 Å². The Kier molecular flexibility index (Phi) is 4.64. The van der Waals surface area contributed by atoms with E-state index in [1.165, 1.54) is 11.1 Å². The minimum atomic E-state index is 0.0878. The first kappa shape index (κ1) is 20.0. The van der Waals surface area contributed by atoms with E-state index >= 15 is 0 Å². The molecule has 6 rings (SSSR count). The number of fused-ring (bicyclic) bond motifs is 2. The second-order valence-electron chi connectivity index (χ2n) is 8.68. The first-order valence-electron chi connectivity index (χ1n) is 10.7. The van der Waals surface area contributed by atoms with E-state index in [0.717, 1.165) is 32.4 Å². The highest BCUT2D eigenvalue weighted by Crippen LogP contribution is 2.50. The Bertz CT molecular complexity index is 1330. The summed E-state index contributed by atoms with van der Waals surface area (Å²) in [6.45, 7) is 1.72. The van der Waals surface area contributed by atoms with Crippen LogP contribution in [0.3, 0.4) is 0 Å². The van der Waals surface area contributed by atoms with Gasteiger partial charge in [0.2, 0.25) is 17.5 Å². The summed E-state index contributed by atoms with van der Waals surface area (Å²) in [4.78, 5) is 16.0. The molecule has 1 spiro atoms. The third-order valence-electron chi connectivity index (χ3n) is 6.95. The molecule has 0 amide bonds. The number of anilines is 1. The molecule has 2 aliphatic rings. The predicted molar refractivity (Wildman–Crippen MR) is 126 cm³/mol. The average molecular weight is 466 g/mol. The molecule has 0 radical (unpaired) electrons. The molecule has 2 N–H and O–H groups in total. The summed E-state index contributed by atoms with van der Waals surface area (Å²) in [5.74, 6) is 1.04. The molecule has 2 aromatic carbocycles. The zero-order valence-electron chi connectivity index (χ0n) is 17.3. The minimum absolute atomic E-state index is 0.0878. The van der Waals surface area contributed by atoms with E-state index < -0.39 is 0 Å². The molecule has 1 aliphatic carbocycles. The maximum absolute atomic E-state index is 6.70. The number of hydrogen-bond acceptors (Lipinski definition) is 6. The van der Waals surface area contributed by atoms with Crippen molar-refractivity contribution in [3.63, 3.8) is 0 Å². The van der Waals surface area contributed by atoms with E-state index in [-0.39, 0.29) is 11.5 Å². The Hall–Kier alpha value is -2.67. The Morgan fingerprint density at radius 1 is 1.03 bits per heavy atom. The van der Waals surface area contributed by atoms with Crippen molar-refractivity contribution in [3.8, 4) is 11.5 Å². The van der Waals surface area contributed by atoms with E-state index in [4.69, 9.17) is 33.4 Å². The zero-order chi connectivity index (χ0) is 21.9. The summed E-state index contributed by atoms with van der Waals surface area (Å²) in [6.07, 6.45) is 4.73. The largest absolute Gasteiger partial charge is 0.433 e. The van der Waals surface area contributed by atoms with Gasteiger partial charge in [0.15, 0.2) is 5.58 Å². The highest BCUT2D eigenvalue weighted by molar-refractivity contribution is 6.43. The fraction of sp³-hybridized carbons (Fsp3) is 0.292. The average Bonchev–Trinajstić information content (AvgIpc) is 3.35. The van der Waals surface area contributed by atoms with Crippen LogP contribution >= 0.6 is 23.2 Å². The van der Waals surface area contributed by atoms with Crippen molar-refractivity contribution in [2.24, 2.45) is 11.1 Å². The van der Waals surface area contributed by atoms with E-state index in [1.807, 2.05) is 12.1 Å². The molecule has 1 atom stereocenters. The summed E-state index contributed by atoms with van der Waals surface area (Å²) in [5, 5.41) is 0.858. The molecule has 2 aromatic heterocycles. The maximum Gasteiger partial charge on any atom is 0.230 e. The van der Waals surface area contributed by atoms with Crippen LogP contribution in [0, 0.1) is 5.41 Å². The molecule has 8 heteroatoms. The molecule has 6 nitrogen and oxygen atoms in total. The molecule has 4 aromatic rings. The van der Waals surface area contributed by atoms with Crippen molar-refractivity contribution >= 4 is 40.4 Å². The molecular weight excluding hydrogens is 445 g/mol. The summed E-state index contributed by atoms with van der Waals surface area (Å²) in [6, 6.07) is 14.0. The van der Waals surface area contributed by atoms with Gasteiger partial charge >= 0.3 is 0 Å². The summed E-state index contributed by atoms with van der Waals surface area (Å²) in [5.41, 5.74) is 11.2. The lowest BCUT2D eigenvalue weighted by molar-refractivity contribution is 0.187. The highest BCUT2D eigenvalue weighted by atomic mass is 35.5.